The van der Waals surface area contributed by atoms with Crippen molar-refractivity contribution >= 4 is 28.2 Å². The summed E-state index contributed by atoms with van der Waals surface area (Å²) < 4.78 is 0. The number of amides is 2. The van der Waals surface area contributed by atoms with Crippen molar-refractivity contribution in [2.75, 3.05) is 11.9 Å². The molecule has 136 valence electrons. The molecule has 2 heterocycles. The molecule has 0 bridgehead atoms. The van der Waals surface area contributed by atoms with E-state index < -0.39 is 0 Å². The fraction of sp³-hybridized carbons (Fsp3) is 0.450. The van der Waals surface area contributed by atoms with Gasteiger partial charge in [0.25, 0.3) is 11.8 Å². The van der Waals surface area contributed by atoms with E-state index in [0.29, 0.717) is 22.0 Å². The summed E-state index contributed by atoms with van der Waals surface area (Å²) in [7, 11) is 0. The average molecular weight is 369 g/mol. The Hall–Kier alpha value is -2.21. The van der Waals surface area contributed by atoms with Crippen LogP contribution in [-0.2, 0) is 12.8 Å². The van der Waals surface area contributed by atoms with Crippen LogP contribution in [0, 0.1) is 5.92 Å². The average Bonchev–Trinajstić information content (AvgIpc) is 2.99. The van der Waals surface area contributed by atoms with E-state index in [2.05, 4.69) is 15.6 Å². The maximum atomic E-state index is 12.9. The van der Waals surface area contributed by atoms with E-state index in [4.69, 9.17) is 0 Å². The Morgan fingerprint density at radius 2 is 2.00 bits per heavy atom. The second-order valence-corrected chi connectivity index (χ2v) is 8.22. The third-order valence-corrected chi connectivity index (χ3v) is 6.53. The van der Waals surface area contributed by atoms with Gasteiger partial charge < -0.3 is 10.6 Å². The Morgan fingerprint density at radius 1 is 1.15 bits per heavy atom. The number of rotatable bonds is 5. The minimum Gasteiger partial charge on any atom is -0.352 e. The predicted octanol–water partition coefficient (Wildman–Crippen LogP) is 3.80. The first-order valence-corrected chi connectivity index (χ1v) is 10.2. The van der Waals surface area contributed by atoms with Crippen molar-refractivity contribution in [3.05, 3.63) is 46.1 Å². The maximum Gasteiger partial charge on any atom is 0.257 e. The van der Waals surface area contributed by atoms with Gasteiger partial charge in [0, 0.05) is 23.8 Å². The van der Waals surface area contributed by atoms with Gasteiger partial charge in [0.05, 0.1) is 11.1 Å². The fourth-order valence-electron chi connectivity index (χ4n) is 3.59. The third-order valence-electron chi connectivity index (χ3n) is 5.33. The van der Waals surface area contributed by atoms with E-state index in [0.717, 1.165) is 37.8 Å². The van der Waals surface area contributed by atoms with Crippen LogP contribution in [0.25, 0.3) is 0 Å². The van der Waals surface area contributed by atoms with E-state index in [1.54, 1.807) is 35.9 Å². The molecular weight excluding hydrogens is 346 g/mol. The minimum atomic E-state index is -0.218. The number of carbonyl (C=O) groups excluding carboxylic acids is 2. The summed E-state index contributed by atoms with van der Waals surface area (Å²) in [5, 5.41) is 6.73. The first-order chi connectivity index (χ1) is 12.7. The van der Waals surface area contributed by atoms with Crippen LogP contribution < -0.4 is 10.6 Å². The molecule has 2 amide bonds. The number of nitrogens with one attached hydrogen (secondary N) is 2. The molecule has 26 heavy (non-hydrogen) atoms. The molecular formula is C20H23N3O2S. The Kier molecular flexibility index (Phi) is 5.02. The molecule has 2 aromatic heterocycles. The number of hydrogen-bond donors (Lipinski definition) is 2. The number of carbonyl (C=O) groups is 2. The van der Waals surface area contributed by atoms with Crippen LogP contribution >= 0.6 is 11.3 Å². The van der Waals surface area contributed by atoms with Crippen molar-refractivity contribution in [3.8, 4) is 0 Å². The molecule has 1 saturated carbocycles. The normalized spacial score (nSPS) is 16.5. The molecule has 0 unspecified atom stereocenters. The van der Waals surface area contributed by atoms with Crippen LogP contribution in [0.1, 0.15) is 63.3 Å². The minimum absolute atomic E-state index is 0.0437. The van der Waals surface area contributed by atoms with Crippen molar-refractivity contribution in [1.29, 1.82) is 0 Å². The number of aryl methyl sites for hydroxylation is 1. The van der Waals surface area contributed by atoms with E-state index in [1.165, 1.54) is 24.1 Å². The number of fused-ring (bicyclic) bond motifs is 1. The van der Waals surface area contributed by atoms with Crippen molar-refractivity contribution in [2.45, 2.75) is 44.9 Å². The van der Waals surface area contributed by atoms with Crippen molar-refractivity contribution in [1.82, 2.24) is 10.3 Å². The van der Waals surface area contributed by atoms with Crippen molar-refractivity contribution in [2.24, 2.45) is 5.92 Å². The number of pyridine rings is 1. The Bertz CT molecular complexity index is 812. The molecule has 0 spiro atoms. The molecule has 0 aliphatic heterocycles. The summed E-state index contributed by atoms with van der Waals surface area (Å²) in [5.74, 6) is 0.351. The summed E-state index contributed by atoms with van der Waals surface area (Å²) in [5.41, 5.74) is 2.31. The highest BCUT2D eigenvalue weighted by Crippen LogP contribution is 2.38. The predicted molar refractivity (Wildman–Crippen MR) is 103 cm³/mol. The zero-order valence-electron chi connectivity index (χ0n) is 14.7. The molecule has 6 heteroatoms. The molecule has 4 rings (SSSR count). The van der Waals surface area contributed by atoms with Crippen LogP contribution in [-0.4, -0.2) is 23.3 Å². The van der Waals surface area contributed by atoms with Gasteiger partial charge in [0.15, 0.2) is 0 Å². The number of nitrogens with zero attached hydrogens (tertiary/aromatic N) is 1. The van der Waals surface area contributed by atoms with Crippen molar-refractivity contribution in [3.63, 3.8) is 0 Å². The highest BCUT2D eigenvalue weighted by atomic mass is 32.1. The van der Waals surface area contributed by atoms with Crippen LogP contribution in [0.4, 0.5) is 5.00 Å². The lowest BCUT2D eigenvalue weighted by molar-refractivity contribution is 0.0939. The number of aromatic nitrogens is 1. The van der Waals surface area contributed by atoms with Crippen LogP contribution in [0.2, 0.25) is 0 Å². The molecule has 5 nitrogen and oxygen atoms in total. The number of thiophene rings is 1. The van der Waals surface area contributed by atoms with Gasteiger partial charge in [0.2, 0.25) is 0 Å². The van der Waals surface area contributed by atoms with E-state index in [9.17, 15) is 9.59 Å². The van der Waals surface area contributed by atoms with Crippen molar-refractivity contribution < 1.29 is 9.59 Å². The molecule has 0 saturated heterocycles. The lowest BCUT2D eigenvalue weighted by atomic mass is 9.85. The number of hydrogen-bond acceptors (Lipinski definition) is 4. The SMILES string of the molecule is O=C(Nc1sc2c(c1C(=O)NCC1CCC1)CCCC2)c1cccnc1. The van der Waals surface area contributed by atoms with Crippen LogP contribution in [0.5, 0.6) is 0 Å². The standard InChI is InChI=1S/C20H23N3O2S/c24-18(14-7-4-10-21-12-14)23-20-17(15-8-1-2-9-16(15)26-20)19(25)22-11-13-5-3-6-13/h4,7,10,12-13H,1-3,5-6,8-9,11H2,(H,22,25)(H,23,24). The summed E-state index contributed by atoms with van der Waals surface area (Å²) in [6.45, 7) is 0.736. The first-order valence-electron chi connectivity index (χ1n) is 9.36. The van der Waals surface area contributed by atoms with E-state index in [-0.39, 0.29) is 11.8 Å². The highest BCUT2D eigenvalue weighted by Gasteiger charge is 2.27. The van der Waals surface area contributed by atoms with Gasteiger partial charge in [-0.05, 0) is 62.1 Å². The van der Waals surface area contributed by atoms with Gasteiger partial charge >= 0.3 is 0 Å². The van der Waals surface area contributed by atoms with Gasteiger partial charge in [-0.2, -0.15) is 0 Å². The molecule has 2 aliphatic rings. The monoisotopic (exact) mass is 369 g/mol. The molecule has 2 N–H and O–H groups in total. The molecule has 2 aromatic rings. The van der Waals surface area contributed by atoms with Crippen LogP contribution in [0.3, 0.4) is 0 Å². The van der Waals surface area contributed by atoms with E-state index >= 15 is 0 Å². The second-order valence-electron chi connectivity index (χ2n) is 7.12. The van der Waals surface area contributed by atoms with E-state index in [1.807, 2.05) is 0 Å². The Morgan fingerprint density at radius 3 is 2.73 bits per heavy atom. The zero-order chi connectivity index (χ0) is 17.9. The first kappa shape index (κ1) is 17.2. The molecule has 0 radical (unpaired) electrons. The zero-order valence-corrected chi connectivity index (χ0v) is 15.5. The molecule has 2 aliphatic carbocycles. The summed E-state index contributed by atoms with van der Waals surface area (Å²) >= 11 is 1.55. The number of anilines is 1. The van der Waals surface area contributed by atoms with Crippen LogP contribution in [0.15, 0.2) is 24.5 Å². The summed E-state index contributed by atoms with van der Waals surface area (Å²) in [6.07, 6.45) is 11.0. The molecule has 0 aromatic carbocycles. The molecule has 0 atom stereocenters. The Labute approximate surface area is 157 Å². The maximum absolute atomic E-state index is 12.9. The fourth-order valence-corrected chi connectivity index (χ4v) is 4.87. The van der Waals surface area contributed by atoms with Gasteiger partial charge in [0.1, 0.15) is 5.00 Å². The largest absolute Gasteiger partial charge is 0.352 e. The van der Waals surface area contributed by atoms with Gasteiger partial charge in [-0.3, -0.25) is 14.6 Å². The van der Waals surface area contributed by atoms with Gasteiger partial charge in [-0.15, -0.1) is 11.3 Å². The lowest BCUT2D eigenvalue weighted by Crippen LogP contribution is -2.33. The summed E-state index contributed by atoms with van der Waals surface area (Å²) in [6, 6.07) is 3.47. The third kappa shape index (κ3) is 3.51. The quantitative estimate of drug-likeness (QED) is 0.842. The lowest BCUT2D eigenvalue weighted by Gasteiger charge is -2.25. The smallest absolute Gasteiger partial charge is 0.257 e. The summed E-state index contributed by atoms with van der Waals surface area (Å²) in [4.78, 5) is 30.7. The van der Waals surface area contributed by atoms with Gasteiger partial charge in [-0.1, -0.05) is 6.42 Å². The second kappa shape index (κ2) is 7.58. The Balaban J connectivity index is 1.57. The highest BCUT2D eigenvalue weighted by molar-refractivity contribution is 7.17. The topological polar surface area (TPSA) is 71.1 Å². The van der Waals surface area contributed by atoms with Gasteiger partial charge in [-0.25, -0.2) is 0 Å². The molecule has 1 fully saturated rings.